The largest absolute Gasteiger partial charge is 0.494 e. The maximum atomic E-state index is 12.0. The maximum Gasteiger partial charge on any atom is 0.311 e. The van der Waals surface area contributed by atoms with E-state index in [9.17, 15) is 4.79 Å². The maximum absolute atomic E-state index is 12.0. The number of esters is 1. The summed E-state index contributed by atoms with van der Waals surface area (Å²) < 4.78 is 16.1. The molecule has 0 aliphatic rings. The first kappa shape index (κ1) is 15.9. The zero-order valence-corrected chi connectivity index (χ0v) is 12.9. The van der Waals surface area contributed by atoms with Gasteiger partial charge in [-0.15, -0.1) is 0 Å². The Morgan fingerprint density at radius 1 is 0.955 bits per heavy atom. The van der Waals surface area contributed by atoms with Crippen molar-refractivity contribution in [3.05, 3.63) is 54.1 Å². The van der Waals surface area contributed by atoms with Crippen LogP contribution in [-0.2, 0) is 11.2 Å². The molecule has 0 amide bonds. The van der Waals surface area contributed by atoms with Gasteiger partial charge in [0, 0.05) is 0 Å². The highest BCUT2D eigenvalue weighted by molar-refractivity contribution is 5.73. The number of benzene rings is 2. The summed E-state index contributed by atoms with van der Waals surface area (Å²) in [5, 5.41) is 0. The van der Waals surface area contributed by atoms with Crippen molar-refractivity contribution in [1.82, 2.24) is 0 Å². The number of para-hydroxylation sites is 3. The lowest BCUT2D eigenvalue weighted by Gasteiger charge is -2.11. The van der Waals surface area contributed by atoms with E-state index in [2.05, 4.69) is 0 Å². The summed E-state index contributed by atoms with van der Waals surface area (Å²) in [5.41, 5.74) is 1.00. The zero-order chi connectivity index (χ0) is 15.8. The molecule has 0 atom stereocenters. The van der Waals surface area contributed by atoms with Gasteiger partial charge < -0.3 is 14.2 Å². The Morgan fingerprint density at radius 3 is 2.27 bits per heavy atom. The molecule has 0 heterocycles. The molecule has 0 fully saturated rings. The normalized spacial score (nSPS) is 10.1. The van der Waals surface area contributed by atoms with Crippen LogP contribution in [0.4, 0.5) is 0 Å². The van der Waals surface area contributed by atoms with Crippen LogP contribution in [-0.4, -0.2) is 19.7 Å². The number of hydrogen-bond donors (Lipinski definition) is 0. The van der Waals surface area contributed by atoms with E-state index in [1.165, 1.54) is 0 Å². The number of carbonyl (C=O) groups excluding carboxylic acids is 1. The third-order valence-electron chi connectivity index (χ3n) is 3.16. The number of rotatable bonds is 7. The SMILES string of the molecule is CCOc1ccccc1CCC(=O)Oc1ccccc1OC. The predicted molar refractivity (Wildman–Crippen MR) is 84.6 cm³/mol. The topological polar surface area (TPSA) is 44.8 Å². The first-order valence-electron chi connectivity index (χ1n) is 7.29. The van der Waals surface area contributed by atoms with Crippen LogP contribution in [0.15, 0.2) is 48.5 Å². The van der Waals surface area contributed by atoms with Crippen molar-refractivity contribution in [3.63, 3.8) is 0 Å². The van der Waals surface area contributed by atoms with Gasteiger partial charge in [-0.05, 0) is 37.1 Å². The van der Waals surface area contributed by atoms with Crippen molar-refractivity contribution < 1.29 is 19.0 Å². The van der Waals surface area contributed by atoms with E-state index < -0.39 is 0 Å². The van der Waals surface area contributed by atoms with Crippen LogP contribution in [0.3, 0.4) is 0 Å². The van der Waals surface area contributed by atoms with Crippen LogP contribution in [0, 0.1) is 0 Å². The van der Waals surface area contributed by atoms with Crippen LogP contribution >= 0.6 is 0 Å². The smallest absolute Gasteiger partial charge is 0.311 e. The van der Waals surface area contributed by atoms with Crippen molar-refractivity contribution >= 4 is 5.97 Å². The minimum absolute atomic E-state index is 0.280. The number of ether oxygens (including phenoxy) is 3. The van der Waals surface area contributed by atoms with E-state index in [1.54, 1.807) is 25.3 Å². The molecular formula is C18H20O4. The first-order chi connectivity index (χ1) is 10.7. The third kappa shape index (κ3) is 4.25. The molecule has 116 valence electrons. The van der Waals surface area contributed by atoms with Gasteiger partial charge in [-0.25, -0.2) is 0 Å². The second kappa shape index (κ2) is 8.08. The molecule has 2 rings (SSSR count). The molecule has 4 nitrogen and oxygen atoms in total. The lowest BCUT2D eigenvalue weighted by atomic mass is 10.1. The van der Waals surface area contributed by atoms with Gasteiger partial charge in [0.2, 0.25) is 0 Å². The van der Waals surface area contributed by atoms with Crippen molar-refractivity contribution in [3.8, 4) is 17.2 Å². The quantitative estimate of drug-likeness (QED) is 0.578. The molecule has 0 N–H and O–H groups in total. The molecule has 2 aromatic carbocycles. The average Bonchev–Trinajstić information content (AvgIpc) is 2.55. The third-order valence-corrected chi connectivity index (χ3v) is 3.16. The van der Waals surface area contributed by atoms with Crippen molar-refractivity contribution in [2.75, 3.05) is 13.7 Å². The lowest BCUT2D eigenvalue weighted by Crippen LogP contribution is -2.10. The van der Waals surface area contributed by atoms with Gasteiger partial charge in [-0.1, -0.05) is 30.3 Å². The molecule has 0 radical (unpaired) electrons. The van der Waals surface area contributed by atoms with Crippen LogP contribution in [0.2, 0.25) is 0 Å². The Kier molecular flexibility index (Phi) is 5.83. The van der Waals surface area contributed by atoms with E-state index in [-0.39, 0.29) is 12.4 Å². The Morgan fingerprint density at radius 2 is 1.59 bits per heavy atom. The molecule has 2 aromatic rings. The number of methoxy groups -OCH3 is 1. The minimum atomic E-state index is -0.296. The molecule has 0 aliphatic heterocycles. The second-order valence-electron chi connectivity index (χ2n) is 4.67. The fourth-order valence-electron chi connectivity index (χ4n) is 2.12. The van der Waals surface area contributed by atoms with Crippen molar-refractivity contribution in [2.24, 2.45) is 0 Å². The van der Waals surface area contributed by atoms with E-state index >= 15 is 0 Å². The summed E-state index contributed by atoms with van der Waals surface area (Å²) in [6, 6.07) is 14.8. The van der Waals surface area contributed by atoms with Crippen LogP contribution in [0.5, 0.6) is 17.2 Å². The van der Waals surface area contributed by atoms with Gasteiger partial charge in [0.1, 0.15) is 5.75 Å². The standard InChI is InChI=1S/C18H20O4/c1-3-21-15-9-5-4-8-14(15)12-13-18(19)22-17-11-7-6-10-16(17)20-2/h4-11H,3,12-13H2,1-2H3. The van der Waals surface area contributed by atoms with Crippen molar-refractivity contribution in [2.45, 2.75) is 19.8 Å². The molecule has 4 heteroatoms. The molecular weight excluding hydrogens is 280 g/mol. The summed E-state index contributed by atoms with van der Waals surface area (Å²) >= 11 is 0. The number of carbonyl (C=O) groups is 1. The molecule has 0 unspecified atom stereocenters. The molecule has 0 bridgehead atoms. The van der Waals surface area contributed by atoms with Gasteiger partial charge in [-0.2, -0.15) is 0 Å². The lowest BCUT2D eigenvalue weighted by molar-refractivity contribution is -0.134. The summed E-state index contributed by atoms with van der Waals surface area (Å²) in [4.78, 5) is 12.0. The minimum Gasteiger partial charge on any atom is -0.494 e. The molecule has 0 saturated carbocycles. The first-order valence-corrected chi connectivity index (χ1v) is 7.29. The van der Waals surface area contributed by atoms with Gasteiger partial charge in [0.25, 0.3) is 0 Å². The Balaban J connectivity index is 1.96. The van der Waals surface area contributed by atoms with Gasteiger partial charge in [-0.3, -0.25) is 4.79 Å². The Labute approximate surface area is 130 Å². The summed E-state index contributed by atoms with van der Waals surface area (Å²) in [6.07, 6.45) is 0.853. The molecule has 22 heavy (non-hydrogen) atoms. The Hall–Kier alpha value is -2.49. The van der Waals surface area contributed by atoms with Gasteiger partial charge >= 0.3 is 5.97 Å². The molecule has 0 saturated heterocycles. The number of aryl methyl sites for hydroxylation is 1. The van der Waals surface area contributed by atoms with E-state index in [1.807, 2.05) is 37.3 Å². The van der Waals surface area contributed by atoms with E-state index in [0.717, 1.165) is 11.3 Å². The fourth-order valence-corrected chi connectivity index (χ4v) is 2.12. The highest BCUT2D eigenvalue weighted by Gasteiger charge is 2.11. The van der Waals surface area contributed by atoms with E-state index in [4.69, 9.17) is 14.2 Å². The Bertz CT molecular complexity index is 622. The zero-order valence-electron chi connectivity index (χ0n) is 12.9. The highest BCUT2D eigenvalue weighted by Crippen LogP contribution is 2.26. The fraction of sp³-hybridized carbons (Fsp3) is 0.278. The van der Waals surface area contributed by atoms with Crippen LogP contribution in [0.25, 0.3) is 0 Å². The van der Waals surface area contributed by atoms with Gasteiger partial charge in [0.15, 0.2) is 11.5 Å². The van der Waals surface area contributed by atoms with Crippen LogP contribution in [0.1, 0.15) is 18.9 Å². The second-order valence-corrected chi connectivity index (χ2v) is 4.67. The predicted octanol–water partition coefficient (Wildman–Crippen LogP) is 3.63. The van der Waals surface area contributed by atoms with E-state index in [0.29, 0.717) is 24.5 Å². The summed E-state index contributed by atoms with van der Waals surface area (Å²) in [7, 11) is 1.55. The van der Waals surface area contributed by atoms with Crippen molar-refractivity contribution in [1.29, 1.82) is 0 Å². The highest BCUT2D eigenvalue weighted by atomic mass is 16.6. The molecule has 0 aliphatic carbocycles. The summed E-state index contributed by atoms with van der Waals surface area (Å²) in [5.74, 6) is 1.50. The molecule has 0 spiro atoms. The average molecular weight is 300 g/mol. The monoisotopic (exact) mass is 300 g/mol. The van der Waals surface area contributed by atoms with Crippen LogP contribution < -0.4 is 14.2 Å². The number of hydrogen-bond acceptors (Lipinski definition) is 4. The van der Waals surface area contributed by atoms with Gasteiger partial charge in [0.05, 0.1) is 20.1 Å². The molecule has 0 aromatic heterocycles. The summed E-state index contributed by atoms with van der Waals surface area (Å²) in [6.45, 7) is 2.54.